The Hall–Kier alpha value is -3.09. The first-order valence-electron chi connectivity index (χ1n) is 9.82. The summed E-state index contributed by atoms with van der Waals surface area (Å²) in [5, 5.41) is 0. The Labute approximate surface area is 168 Å². The van der Waals surface area contributed by atoms with E-state index in [2.05, 4.69) is 4.98 Å². The van der Waals surface area contributed by atoms with Crippen molar-refractivity contribution in [3.8, 4) is 0 Å². The Kier molecular flexibility index (Phi) is 5.38. The lowest BCUT2D eigenvalue weighted by Crippen LogP contribution is -2.43. The molecule has 0 bridgehead atoms. The van der Waals surface area contributed by atoms with E-state index in [-0.39, 0.29) is 35.8 Å². The second-order valence-corrected chi connectivity index (χ2v) is 7.59. The van der Waals surface area contributed by atoms with Crippen LogP contribution in [0.5, 0.6) is 0 Å². The van der Waals surface area contributed by atoms with Crippen LogP contribution >= 0.6 is 0 Å². The lowest BCUT2D eigenvalue weighted by molar-refractivity contribution is -0.137. The molecule has 4 rings (SSSR count). The number of Topliss-reactive ketones (excluding diaryl/α,β-unsaturated/α-hetero) is 1. The minimum atomic E-state index is -0.405. The Morgan fingerprint density at radius 1 is 1.03 bits per heavy atom. The molecule has 2 amide bonds. The van der Waals surface area contributed by atoms with Gasteiger partial charge in [0.1, 0.15) is 5.82 Å². The summed E-state index contributed by atoms with van der Waals surface area (Å²) in [5.74, 6) is -0.977. The molecule has 3 heterocycles. The Balaban J connectivity index is 1.34. The van der Waals surface area contributed by atoms with E-state index in [0.29, 0.717) is 43.7 Å². The number of hydrogen-bond acceptors (Lipinski definition) is 4. The van der Waals surface area contributed by atoms with Crippen LogP contribution in [0.25, 0.3) is 0 Å². The van der Waals surface area contributed by atoms with Crippen LogP contribution in [0.15, 0.2) is 48.8 Å². The third-order valence-corrected chi connectivity index (χ3v) is 5.74. The number of ketones is 1. The molecule has 0 unspecified atom stereocenters. The number of benzene rings is 1. The molecule has 29 heavy (non-hydrogen) atoms. The molecule has 1 aromatic carbocycles. The van der Waals surface area contributed by atoms with Gasteiger partial charge in [-0.25, -0.2) is 4.39 Å². The van der Waals surface area contributed by atoms with E-state index < -0.39 is 5.92 Å². The van der Waals surface area contributed by atoms with Crippen molar-refractivity contribution in [2.75, 3.05) is 24.5 Å². The molecule has 2 aliphatic rings. The molecule has 0 radical (unpaired) electrons. The van der Waals surface area contributed by atoms with E-state index >= 15 is 0 Å². The minimum absolute atomic E-state index is 0.0461. The van der Waals surface area contributed by atoms with Crippen molar-refractivity contribution in [1.29, 1.82) is 0 Å². The van der Waals surface area contributed by atoms with Crippen LogP contribution in [-0.4, -0.2) is 47.1 Å². The van der Waals surface area contributed by atoms with E-state index in [0.717, 1.165) is 0 Å². The molecular weight excluding hydrogens is 373 g/mol. The second-order valence-electron chi connectivity index (χ2n) is 7.59. The maximum atomic E-state index is 13.1. The number of hydrogen-bond donors (Lipinski definition) is 0. The van der Waals surface area contributed by atoms with Crippen LogP contribution in [0.4, 0.5) is 10.1 Å². The maximum absolute atomic E-state index is 13.1. The van der Waals surface area contributed by atoms with Crippen LogP contribution in [0.2, 0.25) is 0 Å². The van der Waals surface area contributed by atoms with Gasteiger partial charge in [-0.05, 0) is 49.2 Å². The Bertz CT molecular complexity index is 909. The van der Waals surface area contributed by atoms with Gasteiger partial charge >= 0.3 is 0 Å². The van der Waals surface area contributed by atoms with Crippen molar-refractivity contribution in [3.05, 3.63) is 60.2 Å². The number of amides is 2. The number of pyridine rings is 1. The number of piperidine rings is 1. The first-order valence-corrected chi connectivity index (χ1v) is 9.82. The fraction of sp³-hybridized carbons (Fsp3) is 0.364. The molecule has 2 fully saturated rings. The standard InChI is InChI=1S/C22H22FN3O3/c23-18-3-5-19(6-4-18)26-14-17(12-20(26)27)22(29)25-10-7-15(8-11-25)21(28)16-2-1-9-24-13-16/h1-6,9,13,15,17H,7-8,10-12,14H2/t17-/m0/s1. The van der Waals surface area contributed by atoms with E-state index in [4.69, 9.17) is 0 Å². The summed E-state index contributed by atoms with van der Waals surface area (Å²) < 4.78 is 13.1. The van der Waals surface area contributed by atoms with Crippen molar-refractivity contribution in [2.45, 2.75) is 19.3 Å². The predicted molar refractivity (Wildman–Crippen MR) is 105 cm³/mol. The highest BCUT2D eigenvalue weighted by atomic mass is 19.1. The summed E-state index contributed by atoms with van der Waals surface area (Å²) in [5.41, 5.74) is 1.21. The van der Waals surface area contributed by atoms with Gasteiger partial charge in [0.15, 0.2) is 5.78 Å². The highest BCUT2D eigenvalue weighted by molar-refractivity contribution is 6.00. The molecule has 0 N–H and O–H groups in total. The van der Waals surface area contributed by atoms with Crippen LogP contribution in [-0.2, 0) is 9.59 Å². The molecule has 0 saturated carbocycles. The zero-order chi connectivity index (χ0) is 20.4. The van der Waals surface area contributed by atoms with Crippen molar-refractivity contribution in [2.24, 2.45) is 11.8 Å². The number of carbonyl (C=O) groups is 3. The van der Waals surface area contributed by atoms with Crippen LogP contribution < -0.4 is 4.90 Å². The third-order valence-electron chi connectivity index (χ3n) is 5.74. The van der Waals surface area contributed by atoms with E-state index in [1.54, 1.807) is 46.5 Å². The maximum Gasteiger partial charge on any atom is 0.228 e. The van der Waals surface area contributed by atoms with E-state index in [1.165, 1.54) is 12.1 Å². The quantitative estimate of drug-likeness (QED) is 0.747. The van der Waals surface area contributed by atoms with Gasteiger partial charge in [0.25, 0.3) is 0 Å². The van der Waals surface area contributed by atoms with E-state index in [1.807, 2.05) is 0 Å². The van der Waals surface area contributed by atoms with Gasteiger partial charge < -0.3 is 9.80 Å². The average molecular weight is 395 g/mol. The Morgan fingerprint density at radius 3 is 2.41 bits per heavy atom. The highest BCUT2D eigenvalue weighted by Gasteiger charge is 2.38. The third kappa shape index (κ3) is 4.04. The largest absolute Gasteiger partial charge is 0.342 e. The average Bonchev–Trinajstić information content (AvgIpc) is 3.15. The number of nitrogens with zero attached hydrogens (tertiary/aromatic N) is 3. The van der Waals surface area contributed by atoms with E-state index in [9.17, 15) is 18.8 Å². The zero-order valence-electron chi connectivity index (χ0n) is 16.0. The van der Waals surface area contributed by atoms with Crippen molar-refractivity contribution >= 4 is 23.3 Å². The zero-order valence-corrected chi connectivity index (χ0v) is 16.0. The molecule has 0 aliphatic carbocycles. The fourth-order valence-corrected chi connectivity index (χ4v) is 4.11. The molecule has 2 aromatic rings. The number of rotatable bonds is 4. The monoisotopic (exact) mass is 395 g/mol. The van der Waals surface area contributed by atoms with Gasteiger partial charge in [0, 0.05) is 55.6 Å². The number of likely N-dealkylation sites (tertiary alicyclic amines) is 1. The number of carbonyl (C=O) groups excluding carboxylic acids is 3. The molecular formula is C22H22FN3O3. The SMILES string of the molecule is O=C(c1cccnc1)C1CCN(C(=O)[C@H]2CC(=O)N(c3ccc(F)cc3)C2)CC1. The lowest BCUT2D eigenvalue weighted by Gasteiger charge is -2.33. The fourth-order valence-electron chi connectivity index (χ4n) is 4.11. The molecule has 150 valence electrons. The lowest BCUT2D eigenvalue weighted by atomic mass is 9.89. The van der Waals surface area contributed by atoms with Gasteiger partial charge in [0.2, 0.25) is 11.8 Å². The summed E-state index contributed by atoms with van der Waals surface area (Å²) in [6.45, 7) is 1.32. The van der Waals surface area contributed by atoms with Crippen molar-refractivity contribution in [3.63, 3.8) is 0 Å². The topological polar surface area (TPSA) is 70.6 Å². The Morgan fingerprint density at radius 2 is 1.76 bits per heavy atom. The summed E-state index contributed by atoms with van der Waals surface area (Å²) in [4.78, 5) is 45.2. The van der Waals surface area contributed by atoms with Gasteiger partial charge in [-0.2, -0.15) is 0 Å². The molecule has 0 spiro atoms. The molecule has 2 saturated heterocycles. The van der Waals surface area contributed by atoms with Gasteiger partial charge in [-0.3, -0.25) is 19.4 Å². The van der Waals surface area contributed by atoms with Gasteiger partial charge in [-0.15, -0.1) is 0 Å². The molecule has 2 aliphatic heterocycles. The van der Waals surface area contributed by atoms with Crippen molar-refractivity contribution in [1.82, 2.24) is 9.88 Å². The molecule has 1 aromatic heterocycles. The highest BCUT2D eigenvalue weighted by Crippen LogP contribution is 2.28. The van der Waals surface area contributed by atoms with Crippen molar-refractivity contribution < 1.29 is 18.8 Å². The predicted octanol–water partition coefficient (Wildman–Crippen LogP) is 2.70. The second kappa shape index (κ2) is 8.11. The number of aromatic nitrogens is 1. The smallest absolute Gasteiger partial charge is 0.228 e. The minimum Gasteiger partial charge on any atom is -0.342 e. The summed E-state index contributed by atoms with van der Waals surface area (Å²) in [6.07, 6.45) is 4.60. The molecule has 1 atom stereocenters. The first-order chi connectivity index (χ1) is 14.0. The molecule has 6 nitrogen and oxygen atoms in total. The van der Waals surface area contributed by atoms with Gasteiger partial charge in [-0.1, -0.05) is 0 Å². The van der Waals surface area contributed by atoms with Crippen LogP contribution in [0, 0.1) is 17.7 Å². The summed E-state index contributed by atoms with van der Waals surface area (Å²) >= 11 is 0. The first kappa shape index (κ1) is 19.2. The van der Waals surface area contributed by atoms with Crippen LogP contribution in [0.3, 0.4) is 0 Å². The normalized spacial score (nSPS) is 20.2. The van der Waals surface area contributed by atoms with Gasteiger partial charge in [0.05, 0.1) is 5.92 Å². The van der Waals surface area contributed by atoms with Crippen LogP contribution in [0.1, 0.15) is 29.6 Å². The summed E-state index contributed by atoms with van der Waals surface area (Å²) in [7, 11) is 0. The molecule has 7 heteroatoms. The number of halogens is 1. The number of anilines is 1. The summed E-state index contributed by atoms with van der Waals surface area (Å²) in [6, 6.07) is 9.23.